The molecule has 3 heterocycles. The van der Waals surface area contributed by atoms with Crippen molar-refractivity contribution in [2.24, 2.45) is 0 Å². The van der Waals surface area contributed by atoms with E-state index in [9.17, 15) is 14.7 Å². The number of hydrogen-bond donors (Lipinski definition) is 1. The van der Waals surface area contributed by atoms with Gasteiger partial charge >= 0.3 is 0 Å². The van der Waals surface area contributed by atoms with Crippen LogP contribution in [0.2, 0.25) is 0 Å². The standard InChI is InChI=1S/C22H30N4O3/c1-17-6-4-5-11-26(17)20(27)14-24-12-9-22(29,10-13-24)15-25-16-23-19-8-3-2-7-18(19)21(25)28/h2-3,7-8,16-17,29H,4-6,9-15H2,1H3/t17-/m0/s1. The maximum atomic E-state index is 12.7. The molecule has 4 rings (SSSR count). The lowest BCUT2D eigenvalue weighted by Gasteiger charge is -2.40. The van der Waals surface area contributed by atoms with Crippen LogP contribution in [0.15, 0.2) is 35.4 Å². The summed E-state index contributed by atoms with van der Waals surface area (Å²) in [5.74, 6) is 0.192. The molecule has 2 aliphatic heterocycles. The van der Waals surface area contributed by atoms with Gasteiger partial charge in [0.1, 0.15) is 0 Å². The number of fused-ring (bicyclic) bond motifs is 1. The second kappa shape index (κ2) is 8.24. The molecule has 156 valence electrons. The van der Waals surface area contributed by atoms with E-state index in [4.69, 9.17) is 0 Å². The van der Waals surface area contributed by atoms with Crippen LogP contribution >= 0.6 is 0 Å². The van der Waals surface area contributed by atoms with E-state index < -0.39 is 5.60 Å². The zero-order chi connectivity index (χ0) is 20.4. The van der Waals surface area contributed by atoms with Crippen molar-refractivity contribution in [1.82, 2.24) is 19.4 Å². The maximum Gasteiger partial charge on any atom is 0.261 e. The van der Waals surface area contributed by atoms with Crippen LogP contribution in [0.5, 0.6) is 0 Å². The molecular weight excluding hydrogens is 368 g/mol. The predicted molar refractivity (Wildman–Crippen MR) is 112 cm³/mol. The van der Waals surface area contributed by atoms with Gasteiger partial charge in [-0.25, -0.2) is 4.98 Å². The van der Waals surface area contributed by atoms with Gasteiger partial charge in [-0.3, -0.25) is 19.1 Å². The van der Waals surface area contributed by atoms with Crippen LogP contribution in [0.1, 0.15) is 39.0 Å². The summed E-state index contributed by atoms with van der Waals surface area (Å²) in [6.07, 6.45) is 5.97. The molecule has 0 radical (unpaired) electrons. The van der Waals surface area contributed by atoms with E-state index in [1.165, 1.54) is 17.3 Å². The van der Waals surface area contributed by atoms with Crippen LogP contribution < -0.4 is 5.56 Å². The van der Waals surface area contributed by atoms with Crippen LogP contribution in [0.3, 0.4) is 0 Å². The fourth-order valence-corrected chi connectivity index (χ4v) is 4.57. The molecule has 29 heavy (non-hydrogen) atoms. The van der Waals surface area contributed by atoms with Crippen LogP contribution in [0, 0.1) is 0 Å². The number of hydrogen-bond acceptors (Lipinski definition) is 5. The second-order valence-corrected chi connectivity index (χ2v) is 8.63. The highest BCUT2D eigenvalue weighted by atomic mass is 16.3. The van der Waals surface area contributed by atoms with Crippen molar-refractivity contribution in [2.75, 3.05) is 26.2 Å². The van der Waals surface area contributed by atoms with E-state index in [1.807, 2.05) is 23.1 Å². The highest BCUT2D eigenvalue weighted by Gasteiger charge is 2.34. The molecule has 2 fully saturated rings. The smallest absolute Gasteiger partial charge is 0.261 e. The number of carbonyl (C=O) groups excluding carboxylic acids is 1. The lowest BCUT2D eigenvalue weighted by molar-refractivity contribution is -0.137. The highest BCUT2D eigenvalue weighted by Crippen LogP contribution is 2.24. The Balaban J connectivity index is 1.37. The quantitative estimate of drug-likeness (QED) is 0.847. The van der Waals surface area contributed by atoms with Crippen molar-refractivity contribution < 1.29 is 9.90 Å². The normalized spacial score (nSPS) is 22.7. The van der Waals surface area contributed by atoms with Crippen molar-refractivity contribution in [3.63, 3.8) is 0 Å². The van der Waals surface area contributed by atoms with E-state index in [-0.39, 0.29) is 18.0 Å². The van der Waals surface area contributed by atoms with Crippen molar-refractivity contribution in [3.05, 3.63) is 40.9 Å². The summed E-state index contributed by atoms with van der Waals surface area (Å²) in [6, 6.07) is 7.58. The molecule has 2 aliphatic rings. The molecule has 7 heteroatoms. The minimum Gasteiger partial charge on any atom is -0.388 e. The Morgan fingerprint density at radius 1 is 1.21 bits per heavy atom. The molecular formula is C22H30N4O3. The van der Waals surface area contributed by atoms with Crippen molar-refractivity contribution in [1.29, 1.82) is 0 Å². The Kier molecular flexibility index (Phi) is 5.69. The minimum atomic E-state index is -0.952. The van der Waals surface area contributed by atoms with Crippen LogP contribution in [-0.2, 0) is 11.3 Å². The molecule has 1 aromatic heterocycles. The molecule has 0 aliphatic carbocycles. The predicted octanol–water partition coefficient (Wildman–Crippen LogP) is 1.62. The SMILES string of the molecule is C[C@H]1CCCCN1C(=O)CN1CCC(O)(Cn2cnc3ccccc3c2=O)CC1. The zero-order valence-corrected chi connectivity index (χ0v) is 17.1. The third-order valence-electron chi connectivity index (χ3n) is 6.47. The molecule has 2 aromatic rings. The molecule has 2 saturated heterocycles. The number of nitrogens with zero attached hydrogens (tertiary/aromatic N) is 4. The summed E-state index contributed by atoms with van der Waals surface area (Å²) in [6.45, 7) is 4.93. The number of aromatic nitrogens is 2. The summed E-state index contributed by atoms with van der Waals surface area (Å²) >= 11 is 0. The van der Waals surface area contributed by atoms with E-state index in [1.54, 1.807) is 6.07 Å². The van der Waals surface area contributed by atoms with Gasteiger partial charge in [0.05, 0.1) is 35.9 Å². The Hall–Kier alpha value is -2.25. The molecule has 1 aromatic carbocycles. The number of para-hydroxylation sites is 1. The average molecular weight is 399 g/mol. The van der Waals surface area contributed by atoms with Gasteiger partial charge in [0, 0.05) is 25.7 Å². The Labute approximate surface area is 170 Å². The lowest BCUT2D eigenvalue weighted by atomic mass is 9.91. The molecule has 1 amide bonds. The first-order chi connectivity index (χ1) is 14.0. The largest absolute Gasteiger partial charge is 0.388 e. The van der Waals surface area contributed by atoms with Crippen LogP contribution in [0.4, 0.5) is 0 Å². The van der Waals surface area contributed by atoms with Crippen molar-refractivity contribution in [2.45, 2.75) is 57.2 Å². The maximum absolute atomic E-state index is 12.7. The Bertz CT molecular complexity index is 933. The highest BCUT2D eigenvalue weighted by molar-refractivity contribution is 5.78. The number of carbonyl (C=O) groups is 1. The van der Waals surface area contributed by atoms with Gasteiger partial charge in [0.2, 0.25) is 5.91 Å². The van der Waals surface area contributed by atoms with E-state index >= 15 is 0 Å². The fraction of sp³-hybridized carbons (Fsp3) is 0.591. The van der Waals surface area contributed by atoms with E-state index in [0.717, 1.165) is 19.4 Å². The monoisotopic (exact) mass is 398 g/mol. The molecule has 1 N–H and O–H groups in total. The molecule has 7 nitrogen and oxygen atoms in total. The number of likely N-dealkylation sites (tertiary alicyclic amines) is 2. The first kappa shape index (κ1) is 20.0. The minimum absolute atomic E-state index is 0.124. The number of amides is 1. The fourth-order valence-electron chi connectivity index (χ4n) is 4.57. The Morgan fingerprint density at radius 2 is 1.97 bits per heavy atom. The number of piperidine rings is 2. The molecule has 0 unspecified atom stereocenters. The first-order valence-corrected chi connectivity index (χ1v) is 10.6. The van der Waals surface area contributed by atoms with Gasteiger partial charge in [-0.1, -0.05) is 12.1 Å². The van der Waals surface area contributed by atoms with Gasteiger partial charge in [-0.15, -0.1) is 0 Å². The number of aliphatic hydroxyl groups is 1. The summed E-state index contributed by atoms with van der Waals surface area (Å²) in [4.78, 5) is 33.8. The van der Waals surface area contributed by atoms with Gasteiger partial charge in [0.25, 0.3) is 5.56 Å². The molecule has 1 atom stereocenters. The van der Waals surface area contributed by atoms with E-state index in [2.05, 4.69) is 16.8 Å². The molecule has 0 spiro atoms. The molecule has 0 bridgehead atoms. The number of rotatable bonds is 4. The summed E-state index contributed by atoms with van der Waals surface area (Å²) < 4.78 is 1.51. The van der Waals surface area contributed by atoms with Crippen LogP contribution in [-0.4, -0.2) is 68.2 Å². The summed E-state index contributed by atoms with van der Waals surface area (Å²) in [7, 11) is 0. The van der Waals surface area contributed by atoms with Gasteiger partial charge < -0.3 is 10.0 Å². The second-order valence-electron chi connectivity index (χ2n) is 8.63. The van der Waals surface area contributed by atoms with Gasteiger partial charge in [-0.05, 0) is 51.2 Å². The van der Waals surface area contributed by atoms with E-state index in [0.29, 0.717) is 49.4 Å². The molecule has 0 saturated carbocycles. The van der Waals surface area contributed by atoms with Crippen LogP contribution in [0.25, 0.3) is 10.9 Å². The number of benzene rings is 1. The van der Waals surface area contributed by atoms with Gasteiger partial charge in [-0.2, -0.15) is 0 Å². The lowest BCUT2D eigenvalue weighted by Crippen LogP contribution is -2.52. The topological polar surface area (TPSA) is 78.7 Å². The zero-order valence-electron chi connectivity index (χ0n) is 17.1. The van der Waals surface area contributed by atoms with Gasteiger partial charge in [0.15, 0.2) is 0 Å². The third-order valence-corrected chi connectivity index (χ3v) is 6.47. The Morgan fingerprint density at radius 3 is 2.72 bits per heavy atom. The first-order valence-electron chi connectivity index (χ1n) is 10.6. The third kappa shape index (κ3) is 4.36. The van der Waals surface area contributed by atoms with Crippen molar-refractivity contribution in [3.8, 4) is 0 Å². The summed E-state index contributed by atoms with van der Waals surface area (Å²) in [5, 5.41) is 11.6. The summed E-state index contributed by atoms with van der Waals surface area (Å²) in [5.41, 5.74) is -0.409. The van der Waals surface area contributed by atoms with Crippen molar-refractivity contribution >= 4 is 16.8 Å². The average Bonchev–Trinajstić information content (AvgIpc) is 2.72.